The number of sulfonamides is 1. The molecule has 1 aliphatic heterocycles. The average Bonchev–Trinajstić information content (AvgIpc) is 3.40. The predicted molar refractivity (Wildman–Crippen MR) is 140 cm³/mol. The molecule has 8 nitrogen and oxygen atoms in total. The number of amides is 1. The normalized spacial score (nSPS) is 15.8. The van der Waals surface area contributed by atoms with Crippen LogP contribution in [0.1, 0.15) is 27.6 Å². The molecule has 0 saturated carbocycles. The second-order valence-corrected chi connectivity index (χ2v) is 10.9. The van der Waals surface area contributed by atoms with Crippen LogP contribution in [0.4, 0.5) is 10.1 Å². The first-order valence-corrected chi connectivity index (χ1v) is 13.6. The number of rotatable bonds is 7. The summed E-state index contributed by atoms with van der Waals surface area (Å²) >= 11 is 0. The third kappa shape index (κ3) is 5.32. The number of imidazole rings is 1. The van der Waals surface area contributed by atoms with Crippen molar-refractivity contribution in [1.82, 2.24) is 14.5 Å². The van der Waals surface area contributed by atoms with Crippen LogP contribution in [-0.4, -0.2) is 48.5 Å². The highest BCUT2D eigenvalue weighted by atomic mass is 32.2. The number of anilines is 1. The molecular weight excluding hydrogens is 507 g/mol. The largest absolute Gasteiger partial charge is 0.370 e. The second kappa shape index (κ2) is 10.8. The Bertz CT molecular complexity index is 1530. The highest BCUT2D eigenvalue weighted by molar-refractivity contribution is 7.92. The molecule has 196 valence electrons. The fourth-order valence-corrected chi connectivity index (χ4v) is 5.84. The van der Waals surface area contributed by atoms with Gasteiger partial charge < -0.3 is 14.2 Å². The monoisotopic (exact) mass is 534 g/mol. The summed E-state index contributed by atoms with van der Waals surface area (Å²) in [6.07, 6.45) is 2.46. The van der Waals surface area contributed by atoms with E-state index in [1.165, 1.54) is 29.2 Å². The molecule has 1 atom stereocenters. The lowest BCUT2D eigenvalue weighted by atomic mass is 10.1. The van der Waals surface area contributed by atoms with Gasteiger partial charge in [-0.25, -0.2) is 9.37 Å². The van der Waals surface area contributed by atoms with Gasteiger partial charge in [-0.05, 0) is 29.3 Å². The van der Waals surface area contributed by atoms with Crippen molar-refractivity contribution in [3.05, 3.63) is 114 Å². The van der Waals surface area contributed by atoms with Gasteiger partial charge >= 0.3 is 0 Å². The van der Waals surface area contributed by atoms with Crippen LogP contribution in [-0.2, 0) is 28.4 Å². The zero-order chi connectivity index (χ0) is 26.7. The van der Waals surface area contributed by atoms with Gasteiger partial charge in [0, 0.05) is 25.4 Å². The van der Waals surface area contributed by atoms with E-state index in [4.69, 9.17) is 4.74 Å². The van der Waals surface area contributed by atoms with Crippen LogP contribution in [0.5, 0.6) is 0 Å². The molecule has 1 amide bonds. The Morgan fingerprint density at radius 2 is 1.79 bits per heavy atom. The van der Waals surface area contributed by atoms with Crippen molar-refractivity contribution in [2.75, 3.05) is 24.0 Å². The second-order valence-electron chi connectivity index (χ2n) is 9.06. The van der Waals surface area contributed by atoms with Crippen LogP contribution in [0, 0.1) is 5.82 Å². The van der Waals surface area contributed by atoms with Gasteiger partial charge in [-0.15, -0.1) is 0 Å². The highest BCUT2D eigenvalue weighted by Crippen LogP contribution is 2.30. The van der Waals surface area contributed by atoms with Gasteiger partial charge in [0.05, 0.1) is 31.7 Å². The number of nitrogens with zero attached hydrogens (tertiary/aromatic N) is 4. The van der Waals surface area contributed by atoms with E-state index >= 15 is 4.39 Å². The van der Waals surface area contributed by atoms with Gasteiger partial charge in [0.15, 0.2) is 5.03 Å². The van der Waals surface area contributed by atoms with Gasteiger partial charge in [0.1, 0.15) is 11.9 Å². The molecule has 0 bridgehead atoms. The first-order chi connectivity index (χ1) is 18.3. The van der Waals surface area contributed by atoms with Gasteiger partial charge in [-0.3, -0.25) is 9.10 Å². The minimum absolute atomic E-state index is 0.105. The predicted octanol–water partition coefficient (Wildman–Crippen LogP) is 4.17. The fourth-order valence-electron chi connectivity index (χ4n) is 4.41. The van der Waals surface area contributed by atoms with Crippen molar-refractivity contribution in [2.24, 2.45) is 7.05 Å². The lowest BCUT2D eigenvalue weighted by molar-refractivity contribution is -0.0228. The Balaban J connectivity index is 1.43. The molecule has 1 fully saturated rings. The SMILES string of the molecule is Cn1cnc(S(=O)(=O)N(Cc2ccccc2)c2ccc(C(=O)N3CCOC(c4ccccc4)C3)cc2F)c1. The topological polar surface area (TPSA) is 84.7 Å². The number of ether oxygens (including phenoxy) is 1. The quantitative estimate of drug-likeness (QED) is 0.355. The van der Waals surface area contributed by atoms with Crippen LogP contribution in [0.3, 0.4) is 0 Å². The molecule has 0 spiro atoms. The number of morpholine rings is 1. The molecule has 0 N–H and O–H groups in total. The number of hydrogen-bond donors (Lipinski definition) is 0. The summed E-state index contributed by atoms with van der Waals surface area (Å²) in [7, 11) is -2.54. The molecule has 3 aromatic carbocycles. The summed E-state index contributed by atoms with van der Waals surface area (Å²) in [4.78, 5) is 18.9. The van der Waals surface area contributed by atoms with E-state index in [1.807, 2.05) is 36.4 Å². The minimum atomic E-state index is -4.20. The van der Waals surface area contributed by atoms with E-state index in [9.17, 15) is 13.2 Å². The number of benzene rings is 3. The summed E-state index contributed by atoms with van der Waals surface area (Å²) in [5, 5.41) is -0.198. The van der Waals surface area contributed by atoms with Crippen molar-refractivity contribution in [1.29, 1.82) is 0 Å². The van der Waals surface area contributed by atoms with Crippen LogP contribution < -0.4 is 4.31 Å². The zero-order valence-corrected chi connectivity index (χ0v) is 21.6. The summed E-state index contributed by atoms with van der Waals surface area (Å²) in [6.45, 7) is 0.964. The Labute approximate surface area is 221 Å². The summed E-state index contributed by atoms with van der Waals surface area (Å²) in [5.74, 6) is -1.17. The van der Waals surface area contributed by atoms with Crippen LogP contribution in [0.25, 0.3) is 0 Å². The lowest BCUT2D eigenvalue weighted by Crippen LogP contribution is -2.42. The van der Waals surface area contributed by atoms with Crippen molar-refractivity contribution in [3.8, 4) is 0 Å². The molecule has 4 aromatic rings. The molecule has 5 rings (SSSR count). The van der Waals surface area contributed by atoms with Crippen LogP contribution in [0.15, 0.2) is 96.4 Å². The van der Waals surface area contributed by atoms with Gasteiger partial charge in [-0.1, -0.05) is 60.7 Å². The molecule has 38 heavy (non-hydrogen) atoms. The molecule has 2 heterocycles. The molecule has 1 unspecified atom stereocenters. The number of carbonyl (C=O) groups excluding carboxylic acids is 1. The van der Waals surface area contributed by atoms with E-state index in [1.54, 1.807) is 36.2 Å². The summed E-state index contributed by atoms with van der Waals surface area (Å²) in [5.41, 5.74) is 1.60. The molecule has 1 saturated heterocycles. The van der Waals surface area contributed by atoms with E-state index in [-0.39, 0.29) is 34.8 Å². The number of aromatic nitrogens is 2. The van der Waals surface area contributed by atoms with E-state index in [2.05, 4.69) is 4.98 Å². The highest BCUT2D eigenvalue weighted by Gasteiger charge is 2.31. The van der Waals surface area contributed by atoms with Gasteiger partial charge in [0.2, 0.25) is 0 Å². The van der Waals surface area contributed by atoms with E-state index in [0.717, 1.165) is 15.9 Å². The third-order valence-corrected chi connectivity index (χ3v) is 8.04. The first kappa shape index (κ1) is 25.6. The number of carbonyl (C=O) groups is 1. The number of aryl methyl sites for hydroxylation is 1. The third-order valence-electron chi connectivity index (χ3n) is 6.39. The molecule has 1 aliphatic rings. The van der Waals surface area contributed by atoms with Crippen molar-refractivity contribution >= 4 is 21.6 Å². The van der Waals surface area contributed by atoms with Crippen molar-refractivity contribution < 1.29 is 22.3 Å². The molecule has 0 radical (unpaired) electrons. The zero-order valence-electron chi connectivity index (χ0n) is 20.8. The van der Waals surface area contributed by atoms with Crippen LogP contribution in [0.2, 0.25) is 0 Å². The Hall–Kier alpha value is -4.02. The van der Waals surface area contributed by atoms with Crippen LogP contribution >= 0.6 is 0 Å². The Kier molecular flexibility index (Phi) is 7.26. The van der Waals surface area contributed by atoms with Crippen molar-refractivity contribution in [3.63, 3.8) is 0 Å². The number of halogens is 1. The average molecular weight is 535 g/mol. The first-order valence-electron chi connectivity index (χ1n) is 12.1. The number of hydrogen-bond acceptors (Lipinski definition) is 5. The Morgan fingerprint density at radius 3 is 2.45 bits per heavy atom. The maximum atomic E-state index is 15.6. The van der Waals surface area contributed by atoms with Gasteiger partial charge in [0.25, 0.3) is 15.9 Å². The maximum Gasteiger partial charge on any atom is 0.283 e. The standard InChI is InChI=1S/C28H27FN4O4S/c1-31-19-27(30-20-31)38(35,36)33(17-21-8-4-2-5-9-21)25-13-12-23(16-24(25)29)28(34)32-14-15-37-26(18-32)22-10-6-3-7-11-22/h2-13,16,19-20,26H,14-15,17-18H2,1H3. The molecule has 0 aliphatic carbocycles. The minimum Gasteiger partial charge on any atom is -0.370 e. The summed E-state index contributed by atoms with van der Waals surface area (Å²) in [6, 6.07) is 22.4. The fraction of sp³-hybridized carbons (Fsp3) is 0.214. The smallest absolute Gasteiger partial charge is 0.283 e. The Morgan fingerprint density at radius 1 is 1.08 bits per heavy atom. The summed E-state index contributed by atoms with van der Waals surface area (Å²) < 4.78 is 51.0. The lowest BCUT2D eigenvalue weighted by Gasteiger charge is -2.33. The molecule has 10 heteroatoms. The van der Waals surface area contributed by atoms with Crippen molar-refractivity contribution in [2.45, 2.75) is 17.7 Å². The van der Waals surface area contributed by atoms with E-state index in [0.29, 0.717) is 25.3 Å². The van der Waals surface area contributed by atoms with E-state index < -0.39 is 15.8 Å². The molecule has 1 aromatic heterocycles. The van der Waals surface area contributed by atoms with Gasteiger partial charge in [-0.2, -0.15) is 8.42 Å². The molecular formula is C28H27FN4O4S. The maximum absolute atomic E-state index is 15.6.